The van der Waals surface area contributed by atoms with Gasteiger partial charge in [0.25, 0.3) is 5.60 Å². The van der Waals surface area contributed by atoms with Gasteiger partial charge >= 0.3 is 12.4 Å². The monoisotopic (exact) mass is 208 g/mol. The molecule has 0 heterocycles. The molecule has 0 unspecified atom stereocenters. The Morgan fingerprint density at radius 1 is 1.00 bits per heavy atom. The van der Waals surface area contributed by atoms with Gasteiger partial charge in [0.2, 0.25) is 0 Å². The summed E-state index contributed by atoms with van der Waals surface area (Å²) in [6, 6.07) is 0. The first-order chi connectivity index (χ1) is 5.56. The molecule has 0 aliphatic rings. The van der Waals surface area contributed by atoms with Crippen LogP contribution in [-0.4, -0.2) is 23.1 Å². The minimum Gasteiger partial charge on any atom is -0.373 e. The van der Waals surface area contributed by atoms with Crippen molar-refractivity contribution in [3.8, 4) is 0 Å². The molecular weight excluding hydrogens is 202 g/mol. The van der Waals surface area contributed by atoms with Gasteiger partial charge in [-0.1, -0.05) is 6.08 Å². The zero-order valence-corrected chi connectivity index (χ0v) is 6.21. The molecule has 1 nitrogen and oxygen atoms in total. The Kier molecular flexibility index (Phi) is 3.03. The molecule has 0 aliphatic carbocycles. The van der Waals surface area contributed by atoms with Crippen molar-refractivity contribution in [3.63, 3.8) is 0 Å². The molecule has 0 bridgehead atoms. The van der Waals surface area contributed by atoms with Crippen LogP contribution in [0.5, 0.6) is 0 Å². The summed E-state index contributed by atoms with van der Waals surface area (Å²) in [6.07, 6.45) is -12.8. The highest BCUT2D eigenvalue weighted by Crippen LogP contribution is 2.45. The van der Waals surface area contributed by atoms with Gasteiger partial charge in [-0.15, -0.1) is 6.58 Å². The van der Waals surface area contributed by atoms with E-state index in [-0.39, 0.29) is 0 Å². The highest BCUT2D eigenvalue weighted by atomic mass is 19.4. The van der Waals surface area contributed by atoms with Crippen molar-refractivity contribution in [3.05, 3.63) is 12.7 Å². The van der Waals surface area contributed by atoms with E-state index in [1.165, 1.54) is 0 Å². The van der Waals surface area contributed by atoms with Crippen LogP contribution in [0.15, 0.2) is 12.7 Å². The highest BCUT2D eigenvalue weighted by Gasteiger charge is 2.69. The van der Waals surface area contributed by atoms with Gasteiger partial charge in [-0.25, -0.2) is 0 Å². The summed E-state index contributed by atoms with van der Waals surface area (Å²) >= 11 is 0. The molecule has 0 saturated carbocycles. The standard InChI is InChI=1S/C6H6F6O/c1-2-3-4(13,5(7,8)9)6(10,11)12/h2,13H,1,3H2. The van der Waals surface area contributed by atoms with Crippen LogP contribution in [0.2, 0.25) is 0 Å². The van der Waals surface area contributed by atoms with E-state index in [9.17, 15) is 26.3 Å². The Morgan fingerprint density at radius 3 is 1.38 bits per heavy atom. The third-order valence-electron chi connectivity index (χ3n) is 1.38. The van der Waals surface area contributed by atoms with Crippen molar-refractivity contribution in [2.75, 3.05) is 0 Å². The van der Waals surface area contributed by atoms with Gasteiger partial charge in [0.05, 0.1) is 0 Å². The second-order valence-corrected chi connectivity index (χ2v) is 2.35. The predicted octanol–water partition coefficient (Wildman–Crippen LogP) is 2.42. The number of alkyl halides is 6. The van der Waals surface area contributed by atoms with Crippen LogP contribution in [0.1, 0.15) is 6.42 Å². The molecule has 0 aromatic carbocycles. The van der Waals surface area contributed by atoms with Crippen LogP contribution in [0.25, 0.3) is 0 Å². The van der Waals surface area contributed by atoms with E-state index in [1.807, 2.05) is 0 Å². The first kappa shape index (κ1) is 12.3. The summed E-state index contributed by atoms with van der Waals surface area (Å²) in [4.78, 5) is 0. The third kappa shape index (κ3) is 2.15. The average molecular weight is 208 g/mol. The third-order valence-corrected chi connectivity index (χ3v) is 1.38. The van der Waals surface area contributed by atoms with Gasteiger partial charge in [-0.2, -0.15) is 26.3 Å². The number of hydrogen-bond donors (Lipinski definition) is 1. The smallest absolute Gasteiger partial charge is 0.373 e. The van der Waals surface area contributed by atoms with Crippen molar-refractivity contribution in [1.29, 1.82) is 0 Å². The van der Waals surface area contributed by atoms with Crippen LogP contribution in [-0.2, 0) is 0 Å². The quantitative estimate of drug-likeness (QED) is 0.545. The second kappa shape index (κ2) is 3.21. The zero-order chi connectivity index (χ0) is 10.9. The fourth-order valence-corrected chi connectivity index (χ4v) is 0.601. The SMILES string of the molecule is C=CCC(O)(C(F)(F)F)C(F)(F)F. The second-order valence-electron chi connectivity index (χ2n) is 2.35. The van der Waals surface area contributed by atoms with Gasteiger partial charge in [0.15, 0.2) is 0 Å². The normalized spacial score (nSPS) is 14.4. The molecule has 78 valence electrons. The van der Waals surface area contributed by atoms with Crippen molar-refractivity contribution in [2.24, 2.45) is 0 Å². The molecule has 0 amide bonds. The Hall–Kier alpha value is -0.720. The molecule has 0 rings (SSSR count). The van der Waals surface area contributed by atoms with Crippen molar-refractivity contribution >= 4 is 0 Å². The fraction of sp³-hybridized carbons (Fsp3) is 0.667. The fourth-order valence-electron chi connectivity index (χ4n) is 0.601. The zero-order valence-electron chi connectivity index (χ0n) is 6.21. The molecule has 0 saturated heterocycles. The van der Waals surface area contributed by atoms with E-state index in [2.05, 4.69) is 6.58 Å². The largest absolute Gasteiger partial charge is 0.426 e. The lowest BCUT2D eigenvalue weighted by molar-refractivity contribution is -0.366. The molecule has 0 atom stereocenters. The summed E-state index contributed by atoms with van der Waals surface area (Å²) in [5.74, 6) is 0. The van der Waals surface area contributed by atoms with Gasteiger partial charge in [0.1, 0.15) is 0 Å². The van der Waals surface area contributed by atoms with E-state index in [1.54, 1.807) is 0 Å². The highest BCUT2D eigenvalue weighted by molar-refractivity contribution is 4.98. The van der Waals surface area contributed by atoms with Crippen LogP contribution in [0, 0.1) is 0 Å². The number of halogens is 6. The van der Waals surface area contributed by atoms with Crippen LogP contribution in [0.4, 0.5) is 26.3 Å². The van der Waals surface area contributed by atoms with E-state index < -0.39 is 24.4 Å². The summed E-state index contributed by atoms with van der Waals surface area (Å²) in [7, 11) is 0. The van der Waals surface area contributed by atoms with Gasteiger partial charge in [-0.05, 0) is 0 Å². The number of aliphatic hydroxyl groups is 1. The lowest BCUT2D eigenvalue weighted by atomic mass is 9.98. The molecule has 0 aromatic heterocycles. The maximum atomic E-state index is 11.8. The maximum Gasteiger partial charge on any atom is 0.426 e. The molecule has 1 N–H and O–H groups in total. The van der Waals surface area contributed by atoms with Crippen LogP contribution < -0.4 is 0 Å². The molecule has 0 aromatic rings. The Morgan fingerprint density at radius 2 is 1.31 bits per heavy atom. The lowest BCUT2D eigenvalue weighted by Gasteiger charge is -2.31. The van der Waals surface area contributed by atoms with Crippen molar-refractivity contribution in [1.82, 2.24) is 0 Å². The van der Waals surface area contributed by atoms with Crippen LogP contribution >= 0.6 is 0 Å². The minimum absolute atomic E-state index is 0.362. The van der Waals surface area contributed by atoms with Crippen molar-refractivity contribution < 1.29 is 31.4 Å². The minimum atomic E-state index is -5.75. The summed E-state index contributed by atoms with van der Waals surface area (Å²) in [6.45, 7) is 2.71. The van der Waals surface area contributed by atoms with E-state index >= 15 is 0 Å². The summed E-state index contributed by atoms with van der Waals surface area (Å²) in [5, 5.41) is 8.36. The Labute approximate surface area is 69.7 Å². The topological polar surface area (TPSA) is 20.2 Å². The average Bonchev–Trinajstić information content (AvgIpc) is 1.82. The summed E-state index contributed by atoms with van der Waals surface area (Å²) in [5.41, 5.74) is -4.69. The first-order valence-electron chi connectivity index (χ1n) is 3.03. The van der Waals surface area contributed by atoms with Crippen LogP contribution in [0.3, 0.4) is 0 Å². The molecule has 0 radical (unpaired) electrons. The predicted molar refractivity (Wildman–Crippen MR) is 31.9 cm³/mol. The molecule has 0 spiro atoms. The maximum absolute atomic E-state index is 11.8. The molecule has 7 heteroatoms. The molecular formula is C6H6F6O. The molecule has 0 fully saturated rings. The van der Waals surface area contributed by atoms with Gasteiger partial charge < -0.3 is 5.11 Å². The molecule has 13 heavy (non-hydrogen) atoms. The van der Waals surface area contributed by atoms with E-state index in [0.717, 1.165) is 0 Å². The first-order valence-corrected chi connectivity index (χ1v) is 3.03. The molecule has 0 aliphatic heterocycles. The van der Waals surface area contributed by atoms with Crippen molar-refractivity contribution in [2.45, 2.75) is 24.4 Å². The van der Waals surface area contributed by atoms with Gasteiger partial charge in [0, 0.05) is 6.42 Å². The van der Waals surface area contributed by atoms with E-state index in [4.69, 9.17) is 5.11 Å². The summed E-state index contributed by atoms with van der Waals surface area (Å²) < 4.78 is 70.6. The Balaban J connectivity index is 5.07. The lowest BCUT2D eigenvalue weighted by Crippen LogP contribution is -2.56. The number of rotatable bonds is 2. The number of hydrogen-bond acceptors (Lipinski definition) is 1. The van der Waals surface area contributed by atoms with Gasteiger partial charge in [-0.3, -0.25) is 0 Å². The Bertz CT molecular complexity index is 176. The van der Waals surface area contributed by atoms with E-state index in [0.29, 0.717) is 6.08 Å².